The molecule has 1 fully saturated rings. The molecule has 1 saturated carbocycles. The van der Waals surface area contributed by atoms with Crippen molar-refractivity contribution < 1.29 is 19.2 Å². The third-order valence-corrected chi connectivity index (χ3v) is 5.65. The van der Waals surface area contributed by atoms with Crippen molar-refractivity contribution in [3.8, 4) is 0 Å². The third kappa shape index (κ3) is 6.86. The molecule has 1 N–H and O–H groups in total. The number of carbonyl (C=O) groups is 2. The Kier molecular flexibility index (Phi) is 8.09. The molecule has 1 amide bonds. The summed E-state index contributed by atoms with van der Waals surface area (Å²) in [4.78, 5) is 35.5. The van der Waals surface area contributed by atoms with Crippen LogP contribution in [0.25, 0.3) is 0 Å². The van der Waals surface area contributed by atoms with Crippen molar-refractivity contribution >= 4 is 29.3 Å². The summed E-state index contributed by atoms with van der Waals surface area (Å²) in [5.74, 6) is -0.746. The van der Waals surface area contributed by atoms with Crippen molar-refractivity contribution in [3.63, 3.8) is 0 Å². The fraction of sp³-hybridized carbons (Fsp3) is 0.579. The van der Waals surface area contributed by atoms with E-state index >= 15 is 0 Å². The van der Waals surface area contributed by atoms with Crippen LogP contribution in [0.3, 0.4) is 0 Å². The first kappa shape index (κ1) is 21.2. The lowest BCUT2D eigenvalue weighted by molar-refractivity contribution is -0.384. The summed E-state index contributed by atoms with van der Waals surface area (Å²) >= 11 is 1.24. The van der Waals surface area contributed by atoms with E-state index in [0.29, 0.717) is 0 Å². The lowest BCUT2D eigenvalue weighted by Crippen LogP contribution is -2.42. The quantitative estimate of drug-likeness (QED) is 0.248. The van der Waals surface area contributed by atoms with Crippen LogP contribution in [0.15, 0.2) is 29.2 Å². The Morgan fingerprint density at radius 2 is 1.74 bits per heavy atom. The van der Waals surface area contributed by atoms with E-state index in [-0.39, 0.29) is 17.6 Å². The van der Waals surface area contributed by atoms with Gasteiger partial charge in [0.25, 0.3) is 11.6 Å². The molecular formula is C19H26N2O5S. The van der Waals surface area contributed by atoms with Crippen LogP contribution in [-0.2, 0) is 14.3 Å². The van der Waals surface area contributed by atoms with Gasteiger partial charge in [-0.15, -0.1) is 11.8 Å². The molecule has 148 valence electrons. The maximum absolute atomic E-state index is 12.3. The Balaban J connectivity index is 1.81. The van der Waals surface area contributed by atoms with Crippen LogP contribution in [0.2, 0.25) is 0 Å². The molecule has 0 aromatic heterocycles. The molecule has 1 aliphatic carbocycles. The maximum atomic E-state index is 12.3. The molecule has 27 heavy (non-hydrogen) atoms. The van der Waals surface area contributed by atoms with Crippen LogP contribution in [0.5, 0.6) is 0 Å². The number of nitrogens with zero attached hydrogens (tertiary/aromatic N) is 1. The van der Waals surface area contributed by atoms with Crippen molar-refractivity contribution in [2.24, 2.45) is 0 Å². The average molecular weight is 394 g/mol. The van der Waals surface area contributed by atoms with E-state index < -0.39 is 22.2 Å². The SMILES string of the molecule is C[C@H](OC(=O)[C@@H](C)Sc1ccc([N+](=O)[O-])cc1)C(=O)NC1CCCCCC1. The van der Waals surface area contributed by atoms with Gasteiger partial charge in [-0.2, -0.15) is 0 Å². The predicted octanol–water partition coefficient (Wildman–Crippen LogP) is 3.85. The van der Waals surface area contributed by atoms with Gasteiger partial charge in [-0.25, -0.2) is 0 Å². The van der Waals surface area contributed by atoms with Crippen molar-refractivity contribution in [3.05, 3.63) is 34.4 Å². The first-order valence-corrected chi connectivity index (χ1v) is 10.2. The summed E-state index contributed by atoms with van der Waals surface area (Å²) in [5.41, 5.74) is -0.00149. The van der Waals surface area contributed by atoms with E-state index in [0.717, 1.165) is 30.6 Å². The molecule has 2 atom stereocenters. The average Bonchev–Trinajstić information content (AvgIpc) is 2.90. The zero-order valence-electron chi connectivity index (χ0n) is 15.7. The molecule has 1 aromatic rings. The molecule has 8 heteroatoms. The first-order valence-electron chi connectivity index (χ1n) is 9.29. The number of non-ortho nitro benzene ring substituents is 1. The van der Waals surface area contributed by atoms with Crippen molar-refractivity contribution in [1.82, 2.24) is 5.32 Å². The summed E-state index contributed by atoms with van der Waals surface area (Å²) in [7, 11) is 0. The Morgan fingerprint density at radius 3 is 2.30 bits per heavy atom. The second-order valence-electron chi connectivity index (χ2n) is 6.79. The highest BCUT2D eigenvalue weighted by Gasteiger charge is 2.25. The summed E-state index contributed by atoms with van der Waals surface area (Å²) in [6, 6.07) is 6.13. The minimum Gasteiger partial charge on any atom is -0.452 e. The second kappa shape index (κ2) is 10.3. The van der Waals surface area contributed by atoms with Crippen LogP contribution in [0, 0.1) is 10.1 Å². The Bertz CT molecular complexity index is 657. The standard InChI is InChI=1S/C19H26N2O5S/c1-13(18(22)20-15-7-5-3-4-6-8-15)26-19(23)14(2)27-17-11-9-16(10-12-17)21(24)25/h9-15H,3-8H2,1-2H3,(H,20,22)/t13-,14+/m0/s1. The number of ether oxygens (including phenoxy) is 1. The molecule has 2 rings (SSSR count). The number of rotatable bonds is 7. The molecule has 7 nitrogen and oxygen atoms in total. The van der Waals surface area contributed by atoms with E-state index in [1.165, 1.54) is 36.7 Å². The van der Waals surface area contributed by atoms with Gasteiger partial charge in [0, 0.05) is 23.1 Å². The van der Waals surface area contributed by atoms with Gasteiger partial charge in [0.15, 0.2) is 6.10 Å². The number of benzene rings is 1. The lowest BCUT2D eigenvalue weighted by Gasteiger charge is -2.20. The maximum Gasteiger partial charge on any atom is 0.319 e. The summed E-state index contributed by atoms with van der Waals surface area (Å²) in [6.45, 7) is 3.26. The summed E-state index contributed by atoms with van der Waals surface area (Å²) < 4.78 is 5.30. The lowest BCUT2D eigenvalue weighted by atomic mass is 10.1. The number of amides is 1. The highest BCUT2D eigenvalue weighted by molar-refractivity contribution is 8.00. The van der Waals surface area contributed by atoms with E-state index in [4.69, 9.17) is 4.74 Å². The van der Waals surface area contributed by atoms with Gasteiger partial charge < -0.3 is 10.1 Å². The van der Waals surface area contributed by atoms with E-state index in [1.807, 2.05) is 0 Å². The van der Waals surface area contributed by atoms with Gasteiger partial charge in [-0.1, -0.05) is 25.7 Å². The van der Waals surface area contributed by atoms with E-state index in [2.05, 4.69) is 5.32 Å². The number of esters is 1. The second-order valence-corrected chi connectivity index (χ2v) is 8.20. The molecule has 0 unspecified atom stereocenters. The number of nitro benzene ring substituents is 1. The normalized spacial score (nSPS) is 17.4. The third-order valence-electron chi connectivity index (χ3n) is 4.56. The van der Waals surface area contributed by atoms with Crippen LogP contribution in [-0.4, -0.2) is 34.2 Å². The van der Waals surface area contributed by atoms with Gasteiger partial charge in [-0.05, 0) is 38.8 Å². The molecule has 0 saturated heterocycles. The molecule has 1 aliphatic rings. The van der Waals surface area contributed by atoms with Crippen molar-refractivity contribution in [2.45, 2.75) is 74.7 Å². The number of carbonyl (C=O) groups excluding carboxylic acids is 2. The first-order chi connectivity index (χ1) is 12.9. The molecule has 1 aromatic carbocycles. The Labute approximate surface area is 163 Å². The molecule has 0 aliphatic heterocycles. The number of thioether (sulfide) groups is 1. The number of hydrogen-bond acceptors (Lipinski definition) is 6. The van der Waals surface area contributed by atoms with Crippen molar-refractivity contribution in [1.29, 1.82) is 0 Å². The largest absolute Gasteiger partial charge is 0.452 e. The zero-order chi connectivity index (χ0) is 19.8. The van der Waals surface area contributed by atoms with Crippen LogP contribution in [0.4, 0.5) is 5.69 Å². The smallest absolute Gasteiger partial charge is 0.319 e. The van der Waals surface area contributed by atoms with E-state index in [1.54, 1.807) is 26.0 Å². The highest BCUT2D eigenvalue weighted by Crippen LogP contribution is 2.26. The number of nitrogens with one attached hydrogen (secondary N) is 1. The minimum atomic E-state index is -0.847. The van der Waals surface area contributed by atoms with Gasteiger partial charge in [0.2, 0.25) is 0 Å². The summed E-state index contributed by atoms with van der Waals surface area (Å²) in [5, 5.41) is 13.1. The zero-order valence-corrected chi connectivity index (χ0v) is 16.5. The summed E-state index contributed by atoms with van der Waals surface area (Å²) in [6.07, 6.45) is 5.73. The van der Waals surface area contributed by atoms with Gasteiger partial charge >= 0.3 is 5.97 Å². The van der Waals surface area contributed by atoms with E-state index in [9.17, 15) is 19.7 Å². The fourth-order valence-corrected chi connectivity index (χ4v) is 3.82. The van der Waals surface area contributed by atoms with Gasteiger partial charge in [0.05, 0.1) is 4.92 Å². The van der Waals surface area contributed by atoms with Crippen LogP contribution < -0.4 is 5.32 Å². The predicted molar refractivity (Wildman–Crippen MR) is 104 cm³/mol. The monoisotopic (exact) mass is 394 g/mol. The van der Waals surface area contributed by atoms with Crippen LogP contribution in [0.1, 0.15) is 52.4 Å². The van der Waals surface area contributed by atoms with Crippen molar-refractivity contribution in [2.75, 3.05) is 0 Å². The minimum absolute atomic E-state index is 0.00149. The van der Waals surface area contributed by atoms with Gasteiger partial charge in [-0.3, -0.25) is 19.7 Å². The highest BCUT2D eigenvalue weighted by atomic mass is 32.2. The number of nitro groups is 1. The van der Waals surface area contributed by atoms with Gasteiger partial charge in [0.1, 0.15) is 5.25 Å². The molecule has 0 radical (unpaired) electrons. The topological polar surface area (TPSA) is 98.5 Å². The molecular weight excluding hydrogens is 368 g/mol. The number of hydrogen-bond donors (Lipinski definition) is 1. The fourth-order valence-electron chi connectivity index (χ4n) is 2.96. The Morgan fingerprint density at radius 1 is 1.15 bits per heavy atom. The van der Waals surface area contributed by atoms with Crippen LogP contribution >= 0.6 is 11.8 Å². The molecule has 0 spiro atoms. The molecule has 0 heterocycles. The molecule has 0 bridgehead atoms. The Hall–Kier alpha value is -2.09.